The maximum atomic E-state index is 13.0. The minimum Gasteiger partial charge on any atom is -0.484 e. The third kappa shape index (κ3) is 5.66. The number of amides is 2. The average Bonchev–Trinajstić information content (AvgIpc) is 2.79. The van der Waals surface area contributed by atoms with Crippen molar-refractivity contribution in [2.45, 2.75) is 31.1 Å². The molecule has 1 N–H and O–H groups in total. The Bertz CT molecular complexity index is 1080. The summed E-state index contributed by atoms with van der Waals surface area (Å²) in [4.78, 5) is 26.0. The number of nitrogens with zero attached hydrogens (tertiary/aromatic N) is 2. The summed E-state index contributed by atoms with van der Waals surface area (Å²) in [6.45, 7) is 2.71. The highest BCUT2D eigenvalue weighted by Crippen LogP contribution is 2.24. The van der Waals surface area contributed by atoms with Gasteiger partial charge in [0.05, 0.1) is 4.90 Å². The van der Waals surface area contributed by atoms with Crippen LogP contribution in [0.5, 0.6) is 5.75 Å². The number of piperidine rings is 1. The summed E-state index contributed by atoms with van der Waals surface area (Å²) in [5.74, 6) is -0.0455. The summed E-state index contributed by atoms with van der Waals surface area (Å²) >= 11 is 0. The normalized spacial score (nSPS) is 14.6. The van der Waals surface area contributed by atoms with Crippen LogP contribution in [0, 0.1) is 6.92 Å². The van der Waals surface area contributed by atoms with Gasteiger partial charge >= 0.3 is 0 Å². The fourth-order valence-corrected chi connectivity index (χ4v) is 4.91. The van der Waals surface area contributed by atoms with E-state index < -0.39 is 15.9 Å². The lowest BCUT2D eigenvalue weighted by atomic mass is 10.1. The molecule has 172 valence electrons. The lowest BCUT2D eigenvalue weighted by Gasteiger charge is -2.26. The second kappa shape index (κ2) is 10.1. The van der Waals surface area contributed by atoms with Gasteiger partial charge in [0.15, 0.2) is 6.61 Å². The summed E-state index contributed by atoms with van der Waals surface area (Å²) in [5, 5.41) is 2.79. The summed E-state index contributed by atoms with van der Waals surface area (Å²) in [7, 11) is -0.323. The number of likely N-dealkylation sites (N-methyl/N-ethyl adjacent to an activating group) is 1. The molecule has 2 amide bonds. The largest absolute Gasteiger partial charge is 0.484 e. The molecule has 3 rings (SSSR count). The zero-order valence-electron chi connectivity index (χ0n) is 18.6. The van der Waals surface area contributed by atoms with Crippen molar-refractivity contribution in [3.05, 3.63) is 53.6 Å². The second-order valence-electron chi connectivity index (χ2n) is 8.00. The topological polar surface area (TPSA) is 96.0 Å². The van der Waals surface area contributed by atoms with E-state index in [9.17, 15) is 18.0 Å². The first kappa shape index (κ1) is 23.7. The predicted molar refractivity (Wildman–Crippen MR) is 122 cm³/mol. The Hall–Kier alpha value is -2.91. The molecule has 9 heteroatoms. The number of aryl methyl sites for hydroxylation is 1. The van der Waals surface area contributed by atoms with Crippen LogP contribution in [-0.2, 0) is 14.8 Å². The standard InChI is InChI=1S/C23H29N3O5S/c1-17-7-12-20(32(29,30)26-13-5-4-6-14-26)15-21(17)23(28)24-18-8-10-19(11-9-18)31-16-22(27)25(2)3/h7-12,15H,4-6,13-14,16H2,1-3H3,(H,24,28). The van der Waals surface area contributed by atoms with Crippen molar-refractivity contribution in [2.24, 2.45) is 0 Å². The molecule has 1 heterocycles. The molecule has 1 aliphatic heterocycles. The van der Waals surface area contributed by atoms with Gasteiger partial charge in [0.25, 0.3) is 11.8 Å². The first-order valence-electron chi connectivity index (χ1n) is 10.5. The highest BCUT2D eigenvalue weighted by atomic mass is 32.2. The highest BCUT2D eigenvalue weighted by molar-refractivity contribution is 7.89. The number of nitrogens with one attached hydrogen (secondary N) is 1. The van der Waals surface area contributed by atoms with Crippen LogP contribution in [0.4, 0.5) is 5.69 Å². The van der Waals surface area contributed by atoms with Gasteiger partial charge in [0.1, 0.15) is 5.75 Å². The Balaban J connectivity index is 1.71. The molecule has 0 aromatic heterocycles. The minimum atomic E-state index is -3.63. The Kier molecular flexibility index (Phi) is 7.52. The van der Waals surface area contributed by atoms with Crippen LogP contribution in [0.2, 0.25) is 0 Å². The van der Waals surface area contributed by atoms with Crippen molar-refractivity contribution in [2.75, 3.05) is 39.1 Å². The monoisotopic (exact) mass is 459 g/mol. The van der Waals surface area contributed by atoms with Crippen LogP contribution < -0.4 is 10.1 Å². The lowest BCUT2D eigenvalue weighted by molar-refractivity contribution is -0.130. The van der Waals surface area contributed by atoms with Gasteiger partial charge in [0.2, 0.25) is 10.0 Å². The fraction of sp³-hybridized carbons (Fsp3) is 0.391. The van der Waals surface area contributed by atoms with E-state index in [2.05, 4.69) is 5.32 Å². The summed E-state index contributed by atoms with van der Waals surface area (Å²) in [6.07, 6.45) is 2.73. The molecule has 32 heavy (non-hydrogen) atoms. The van der Waals surface area contributed by atoms with Crippen molar-refractivity contribution in [3.63, 3.8) is 0 Å². The number of anilines is 1. The molecule has 0 aliphatic carbocycles. The SMILES string of the molecule is Cc1ccc(S(=O)(=O)N2CCCCC2)cc1C(=O)Nc1ccc(OCC(=O)N(C)C)cc1. The zero-order chi connectivity index (χ0) is 23.3. The molecule has 0 spiro atoms. The highest BCUT2D eigenvalue weighted by Gasteiger charge is 2.27. The number of sulfonamides is 1. The van der Waals surface area contributed by atoms with Gasteiger partial charge in [-0.2, -0.15) is 4.31 Å². The van der Waals surface area contributed by atoms with Crippen LogP contribution in [0.1, 0.15) is 35.2 Å². The fourth-order valence-electron chi connectivity index (χ4n) is 3.37. The average molecular weight is 460 g/mol. The quantitative estimate of drug-likeness (QED) is 0.687. The van der Waals surface area contributed by atoms with Crippen molar-refractivity contribution >= 4 is 27.5 Å². The molecule has 0 radical (unpaired) electrons. The lowest BCUT2D eigenvalue weighted by Crippen LogP contribution is -2.35. The van der Waals surface area contributed by atoms with Gasteiger partial charge in [0, 0.05) is 38.4 Å². The maximum Gasteiger partial charge on any atom is 0.259 e. The van der Waals surface area contributed by atoms with E-state index in [1.165, 1.54) is 15.3 Å². The first-order chi connectivity index (χ1) is 15.2. The number of benzene rings is 2. The molecule has 8 nitrogen and oxygen atoms in total. The Morgan fingerprint density at radius 3 is 2.31 bits per heavy atom. The third-order valence-electron chi connectivity index (χ3n) is 5.38. The molecule has 2 aromatic carbocycles. The summed E-state index contributed by atoms with van der Waals surface area (Å²) < 4.78 is 32.9. The molecule has 1 fully saturated rings. The van der Waals surface area contributed by atoms with Crippen LogP contribution in [-0.4, -0.2) is 63.2 Å². The number of carbonyl (C=O) groups excluding carboxylic acids is 2. The second-order valence-corrected chi connectivity index (χ2v) is 9.93. The van der Waals surface area contributed by atoms with Crippen molar-refractivity contribution < 1.29 is 22.7 Å². The van der Waals surface area contributed by atoms with Crippen LogP contribution in [0.3, 0.4) is 0 Å². The van der Waals surface area contributed by atoms with Crippen molar-refractivity contribution in [3.8, 4) is 5.75 Å². The molecular formula is C23H29N3O5S. The van der Waals surface area contributed by atoms with Gasteiger partial charge in [-0.25, -0.2) is 8.42 Å². The molecule has 2 aromatic rings. The Labute approximate surface area is 189 Å². The van der Waals surface area contributed by atoms with Crippen LogP contribution in [0.25, 0.3) is 0 Å². The molecule has 0 atom stereocenters. The van der Waals surface area contributed by atoms with Crippen molar-refractivity contribution in [1.82, 2.24) is 9.21 Å². The number of ether oxygens (including phenoxy) is 1. The summed E-state index contributed by atoms with van der Waals surface area (Å²) in [5.41, 5.74) is 1.52. The minimum absolute atomic E-state index is 0.0732. The molecule has 1 saturated heterocycles. The van der Waals surface area contributed by atoms with Gasteiger partial charge in [-0.15, -0.1) is 0 Å². The molecule has 0 bridgehead atoms. The van der Waals surface area contributed by atoms with E-state index in [0.29, 0.717) is 35.7 Å². The van der Waals surface area contributed by atoms with E-state index in [4.69, 9.17) is 4.74 Å². The van der Waals surface area contributed by atoms with Gasteiger partial charge in [-0.1, -0.05) is 12.5 Å². The van der Waals surface area contributed by atoms with E-state index in [-0.39, 0.29) is 17.4 Å². The van der Waals surface area contributed by atoms with E-state index in [0.717, 1.165) is 19.3 Å². The van der Waals surface area contributed by atoms with E-state index >= 15 is 0 Å². The van der Waals surface area contributed by atoms with Crippen LogP contribution >= 0.6 is 0 Å². The zero-order valence-corrected chi connectivity index (χ0v) is 19.4. The van der Waals surface area contributed by atoms with Crippen molar-refractivity contribution in [1.29, 1.82) is 0 Å². The van der Waals surface area contributed by atoms with E-state index in [1.807, 2.05) is 0 Å². The number of rotatable bonds is 7. The number of hydrogen-bond acceptors (Lipinski definition) is 5. The van der Waals surface area contributed by atoms with Gasteiger partial charge in [-0.3, -0.25) is 9.59 Å². The third-order valence-corrected chi connectivity index (χ3v) is 7.27. The maximum absolute atomic E-state index is 13.0. The van der Waals surface area contributed by atoms with Crippen LogP contribution in [0.15, 0.2) is 47.4 Å². The predicted octanol–water partition coefficient (Wildman–Crippen LogP) is 2.89. The molecule has 1 aliphatic rings. The number of hydrogen-bond donors (Lipinski definition) is 1. The summed E-state index contributed by atoms with van der Waals surface area (Å²) in [6, 6.07) is 11.3. The van der Waals surface area contributed by atoms with Gasteiger partial charge < -0.3 is 15.0 Å². The Morgan fingerprint density at radius 1 is 1.03 bits per heavy atom. The molecular weight excluding hydrogens is 430 g/mol. The number of carbonyl (C=O) groups is 2. The molecule has 0 unspecified atom stereocenters. The van der Waals surface area contributed by atoms with E-state index in [1.54, 1.807) is 57.4 Å². The smallest absolute Gasteiger partial charge is 0.259 e. The molecule has 0 saturated carbocycles. The first-order valence-corrected chi connectivity index (χ1v) is 12.0. The van der Waals surface area contributed by atoms with Gasteiger partial charge in [-0.05, 0) is 61.7 Å². The Morgan fingerprint density at radius 2 is 1.69 bits per heavy atom.